The van der Waals surface area contributed by atoms with Crippen LogP contribution in [0.3, 0.4) is 0 Å². The van der Waals surface area contributed by atoms with Gasteiger partial charge in [-0.3, -0.25) is 4.79 Å². The summed E-state index contributed by atoms with van der Waals surface area (Å²) in [4.78, 5) is 25.8. The number of rotatable bonds is 2. The van der Waals surface area contributed by atoms with E-state index in [1.807, 2.05) is 0 Å². The molecule has 1 aliphatic rings. The molecule has 0 saturated carbocycles. The van der Waals surface area contributed by atoms with E-state index in [-0.39, 0.29) is 35.8 Å². The highest BCUT2D eigenvalue weighted by atomic mass is 16.5. The Kier molecular flexibility index (Phi) is 5.57. The topological polar surface area (TPSA) is 169 Å². The molecule has 0 radical (unpaired) electrons. The Morgan fingerprint density at radius 2 is 1.61 bits per heavy atom. The van der Waals surface area contributed by atoms with Crippen molar-refractivity contribution in [2.24, 2.45) is 0 Å². The van der Waals surface area contributed by atoms with Crippen molar-refractivity contribution in [1.82, 2.24) is 5.32 Å². The molecule has 1 aliphatic heterocycles. The number of amides is 1. The van der Waals surface area contributed by atoms with Crippen molar-refractivity contribution in [2.45, 2.75) is 19.0 Å². The fourth-order valence-corrected chi connectivity index (χ4v) is 3.49. The number of hydrogen-bond acceptors (Lipinski definition) is 9. The normalized spacial score (nSPS) is 15.4. The molecule has 0 saturated heterocycles. The van der Waals surface area contributed by atoms with Crippen LogP contribution in [0.2, 0.25) is 0 Å². The SMILES string of the molecule is O=C(NC1Cc2ccc(O)cc2NCc2ccc(O)c(O)c2OC1=O)c1ccc(O)cc1O. The molecule has 3 aromatic carbocycles. The minimum absolute atomic E-state index is 0.0238. The first kappa shape index (κ1) is 21.6. The molecule has 170 valence electrons. The van der Waals surface area contributed by atoms with E-state index in [9.17, 15) is 35.1 Å². The summed E-state index contributed by atoms with van der Waals surface area (Å²) in [5.41, 5.74) is 1.23. The predicted octanol–water partition coefficient (Wildman–Crippen LogP) is 2.09. The van der Waals surface area contributed by atoms with Crippen LogP contribution in [-0.2, 0) is 17.8 Å². The number of esters is 1. The standard InChI is InChI=1S/C23H20N2O8/c26-13-3-1-11-7-17(25-22(31)15-5-4-14(27)9-19(15)29)23(32)33-21-12(10-24-16(11)8-13)2-6-18(28)20(21)30/h1-6,8-9,17,24,26-30H,7,10H2,(H,25,31). The predicted molar refractivity (Wildman–Crippen MR) is 116 cm³/mol. The second kappa shape index (κ2) is 8.50. The van der Waals surface area contributed by atoms with Crippen LogP contribution in [0.15, 0.2) is 48.5 Å². The molecule has 0 spiro atoms. The molecule has 4 rings (SSSR count). The average molecular weight is 452 g/mol. The van der Waals surface area contributed by atoms with Gasteiger partial charge >= 0.3 is 5.97 Å². The first-order chi connectivity index (χ1) is 15.7. The molecule has 1 amide bonds. The zero-order chi connectivity index (χ0) is 23.7. The molecule has 1 atom stereocenters. The quantitative estimate of drug-likeness (QED) is 0.175. The molecule has 10 heteroatoms. The molecular formula is C23H20N2O8. The monoisotopic (exact) mass is 452 g/mol. The summed E-state index contributed by atoms with van der Waals surface area (Å²) >= 11 is 0. The van der Waals surface area contributed by atoms with E-state index in [0.717, 1.165) is 6.07 Å². The number of fused-ring (bicyclic) bond motifs is 2. The minimum Gasteiger partial charge on any atom is -0.508 e. The van der Waals surface area contributed by atoms with Gasteiger partial charge < -0.3 is 40.9 Å². The van der Waals surface area contributed by atoms with E-state index < -0.39 is 35.2 Å². The maximum Gasteiger partial charge on any atom is 0.334 e. The number of hydrogen-bond donors (Lipinski definition) is 7. The van der Waals surface area contributed by atoms with Gasteiger partial charge in [0.2, 0.25) is 5.75 Å². The molecule has 0 bridgehead atoms. The van der Waals surface area contributed by atoms with Crippen molar-refractivity contribution < 1.29 is 39.9 Å². The highest BCUT2D eigenvalue weighted by molar-refractivity contribution is 5.99. The number of phenolic OH excluding ortho intramolecular Hbond substituents is 5. The fourth-order valence-electron chi connectivity index (χ4n) is 3.49. The van der Waals surface area contributed by atoms with Gasteiger partial charge in [-0.25, -0.2) is 4.79 Å². The number of ether oxygens (including phenoxy) is 1. The number of carbonyl (C=O) groups excluding carboxylic acids is 2. The third kappa shape index (κ3) is 4.40. The number of nitrogens with one attached hydrogen (secondary N) is 2. The Hall–Kier alpha value is -4.60. The van der Waals surface area contributed by atoms with Gasteiger partial charge in [-0.1, -0.05) is 6.07 Å². The summed E-state index contributed by atoms with van der Waals surface area (Å²) in [5, 5.41) is 55.0. The van der Waals surface area contributed by atoms with Gasteiger partial charge in [-0.15, -0.1) is 0 Å². The molecular weight excluding hydrogens is 432 g/mol. The molecule has 33 heavy (non-hydrogen) atoms. The number of benzene rings is 3. The Bertz CT molecular complexity index is 1260. The van der Waals surface area contributed by atoms with Gasteiger partial charge in [0, 0.05) is 36.3 Å². The number of carbonyl (C=O) groups is 2. The van der Waals surface area contributed by atoms with Crippen LogP contribution in [0.5, 0.6) is 34.5 Å². The lowest BCUT2D eigenvalue weighted by molar-refractivity contribution is -0.136. The first-order valence-corrected chi connectivity index (χ1v) is 9.87. The number of phenols is 5. The van der Waals surface area contributed by atoms with Crippen molar-refractivity contribution >= 4 is 17.6 Å². The summed E-state index contributed by atoms with van der Waals surface area (Å²) in [5.74, 6) is -3.89. The van der Waals surface area contributed by atoms with Crippen LogP contribution < -0.4 is 15.4 Å². The second-order valence-electron chi connectivity index (χ2n) is 7.47. The third-order valence-corrected chi connectivity index (χ3v) is 5.20. The summed E-state index contributed by atoms with van der Waals surface area (Å²) in [6, 6.07) is 9.27. The lowest BCUT2D eigenvalue weighted by atomic mass is 10.0. The largest absolute Gasteiger partial charge is 0.508 e. The molecule has 1 unspecified atom stereocenters. The van der Waals surface area contributed by atoms with Crippen LogP contribution in [0.1, 0.15) is 21.5 Å². The first-order valence-electron chi connectivity index (χ1n) is 9.87. The van der Waals surface area contributed by atoms with Crippen LogP contribution in [0, 0.1) is 0 Å². The molecule has 0 aliphatic carbocycles. The molecule has 0 aromatic heterocycles. The summed E-state index contributed by atoms with van der Waals surface area (Å²) in [6.07, 6.45) is -0.0546. The molecule has 7 N–H and O–H groups in total. The van der Waals surface area contributed by atoms with E-state index in [2.05, 4.69) is 10.6 Å². The average Bonchev–Trinajstić information content (AvgIpc) is 2.76. The van der Waals surface area contributed by atoms with E-state index in [1.54, 1.807) is 6.07 Å². The molecule has 3 aromatic rings. The summed E-state index contributed by atoms with van der Waals surface area (Å²) < 4.78 is 5.37. The van der Waals surface area contributed by atoms with E-state index >= 15 is 0 Å². The van der Waals surface area contributed by atoms with Crippen LogP contribution in [0.25, 0.3) is 0 Å². The van der Waals surface area contributed by atoms with Crippen molar-refractivity contribution in [1.29, 1.82) is 0 Å². The maximum atomic E-state index is 13.0. The molecule has 0 fully saturated rings. The third-order valence-electron chi connectivity index (χ3n) is 5.20. The summed E-state index contributed by atoms with van der Waals surface area (Å²) in [7, 11) is 0. The van der Waals surface area contributed by atoms with Crippen molar-refractivity contribution in [3.63, 3.8) is 0 Å². The lowest BCUT2D eigenvalue weighted by Gasteiger charge is -2.23. The number of anilines is 1. The second-order valence-corrected chi connectivity index (χ2v) is 7.47. The van der Waals surface area contributed by atoms with Gasteiger partial charge in [0.1, 0.15) is 23.3 Å². The van der Waals surface area contributed by atoms with E-state index in [0.29, 0.717) is 16.8 Å². The fraction of sp³-hybridized carbons (Fsp3) is 0.130. The van der Waals surface area contributed by atoms with Gasteiger partial charge in [-0.2, -0.15) is 0 Å². The molecule has 1 heterocycles. The smallest absolute Gasteiger partial charge is 0.334 e. The lowest BCUT2D eigenvalue weighted by Crippen LogP contribution is -2.45. The maximum absolute atomic E-state index is 13.0. The van der Waals surface area contributed by atoms with Crippen LogP contribution in [0.4, 0.5) is 5.69 Å². The molecule has 10 nitrogen and oxygen atoms in total. The zero-order valence-electron chi connectivity index (χ0n) is 17.1. The van der Waals surface area contributed by atoms with Gasteiger partial charge in [0.25, 0.3) is 5.91 Å². The van der Waals surface area contributed by atoms with Gasteiger partial charge in [-0.05, 0) is 35.9 Å². The minimum atomic E-state index is -1.27. The number of aromatic hydroxyl groups is 5. The van der Waals surface area contributed by atoms with Crippen LogP contribution in [-0.4, -0.2) is 43.5 Å². The Labute approximate surface area is 187 Å². The van der Waals surface area contributed by atoms with Crippen molar-refractivity contribution in [2.75, 3.05) is 5.32 Å². The van der Waals surface area contributed by atoms with Gasteiger partial charge in [0.05, 0.1) is 5.56 Å². The van der Waals surface area contributed by atoms with Crippen LogP contribution >= 0.6 is 0 Å². The van der Waals surface area contributed by atoms with Crippen molar-refractivity contribution in [3.8, 4) is 34.5 Å². The highest BCUT2D eigenvalue weighted by Gasteiger charge is 2.29. The van der Waals surface area contributed by atoms with E-state index in [4.69, 9.17) is 4.74 Å². The van der Waals surface area contributed by atoms with Gasteiger partial charge in [0.15, 0.2) is 11.5 Å². The Morgan fingerprint density at radius 3 is 2.36 bits per heavy atom. The highest BCUT2D eigenvalue weighted by Crippen LogP contribution is 2.39. The summed E-state index contributed by atoms with van der Waals surface area (Å²) in [6.45, 7) is 0.102. The Morgan fingerprint density at radius 1 is 0.909 bits per heavy atom. The van der Waals surface area contributed by atoms with Crippen molar-refractivity contribution in [3.05, 3.63) is 65.2 Å². The Balaban J connectivity index is 1.74. The zero-order valence-corrected chi connectivity index (χ0v) is 17.1. The van der Waals surface area contributed by atoms with E-state index in [1.165, 1.54) is 36.4 Å².